The average Bonchev–Trinajstić information content (AvgIpc) is 3.01. The first-order chi connectivity index (χ1) is 10.3. The molecule has 0 unspecified atom stereocenters. The maximum Gasteiger partial charge on any atom is 0.153 e. The summed E-state index contributed by atoms with van der Waals surface area (Å²) in [5.41, 5.74) is 2.70. The second-order valence-electron chi connectivity index (χ2n) is 4.48. The lowest BCUT2D eigenvalue weighted by atomic mass is 10.1. The summed E-state index contributed by atoms with van der Waals surface area (Å²) in [4.78, 5) is 15.2. The molecule has 21 heavy (non-hydrogen) atoms. The summed E-state index contributed by atoms with van der Waals surface area (Å²) < 4.78 is 7.62. The Morgan fingerprint density at radius 2 is 2.24 bits per heavy atom. The number of imidazole rings is 1. The maximum atomic E-state index is 11.1. The number of carbonyl (C=O) groups is 1. The Morgan fingerprint density at radius 3 is 3.05 bits per heavy atom. The molecular formula is C16H11N3O2. The zero-order valence-electron chi connectivity index (χ0n) is 11.1. The lowest BCUT2D eigenvalue weighted by Gasteiger charge is -2.10. The van der Waals surface area contributed by atoms with Gasteiger partial charge in [0, 0.05) is 0 Å². The van der Waals surface area contributed by atoms with Crippen molar-refractivity contribution in [1.29, 1.82) is 5.26 Å². The van der Waals surface area contributed by atoms with Crippen molar-refractivity contribution in [3.8, 4) is 11.8 Å². The predicted octanol–water partition coefficient (Wildman–Crippen LogP) is 2.60. The van der Waals surface area contributed by atoms with E-state index < -0.39 is 0 Å². The highest BCUT2D eigenvalue weighted by Gasteiger charge is 2.06. The van der Waals surface area contributed by atoms with Gasteiger partial charge in [0.15, 0.2) is 6.29 Å². The third kappa shape index (κ3) is 2.47. The van der Waals surface area contributed by atoms with Gasteiger partial charge in [-0.3, -0.25) is 9.20 Å². The molecule has 0 aliphatic carbocycles. The van der Waals surface area contributed by atoms with Crippen molar-refractivity contribution < 1.29 is 9.53 Å². The van der Waals surface area contributed by atoms with Crippen LogP contribution in [0.3, 0.4) is 0 Å². The lowest BCUT2D eigenvalue weighted by Crippen LogP contribution is -2.03. The Morgan fingerprint density at radius 1 is 1.33 bits per heavy atom. The molecule has 0 aliphatic rings. The summed E-state index contributed by atoms with van der Waals surface area (Å²) in [5.74, 6) is 0.459. The van der Waals surface area contributed by atoms with E-state index in [9.17, 15) is 4.79 Å². The molecule has 2 aromatic heterocycles. The number of aromatic nitrogens is 2. The van der Waals surface area contributed by atoms with Crippen molar-refractivity contribution in [2.45, 2.75) is 6.61 Å². The predicted molar refractivity (Wildman–Crippen MR) is 76.1 cm³/mol. The number of nitrogens with zero attached hydrogens (tertiary/aromatic N) is 3. The Bertz CT molecular complexity index is 846. The smallest absolute Gasteiger partial charge is 0.153 e. The quantitative estimate of drug-likeness (QED) is 0.687. The van der Waals surface area contributed by atoms with Crippen molar-refractivity contribution in [3.05, 3.63) is 65.7 Å². The number of pyridine rings is 1. The molecule has 0 bridgehead atoms. The van der Waals surface area contributed by atoms with Crippen LogP contribution in [0.15, 0.2) is 48.9 Å². The summed E-state index contributed by atoms with van der Waals surface area (Å²) in [6, 6.07) is 12.6. The summed E-state index contributed by atoms with van der Waals surface area (Å²) >= 11 is 0. The second-order valence-corrected chi connectivity index (χ2v) is 4.48. The molecule has 5 heteroatoms. The van der Waals surface area contributed by atoms with E-state index in [2.05, 4.69) is 4.98 Å². The fourth-order valence-electron chi connectivity index (χ4n) is 2.12. The van der Waals surface area contributed by atoms with E-state index in [0.717, 1.165) is 11.2 Å². The van der Waals surface area contributed by atoms with Gasteiger partial charge in [0.25, 0.3) is 0 Å². The monoisotopic (exact) mass is 277 g/mol. The number of hydrogen-bond donors (Lipinski definition) is 0. The number of carbonyl (C=O) groups excluding carboxylic acids is 1. The number of benzene rings is 1. The Balaban J connectivity index is 1.87. The molecule has 0 spiro atoms. The summed E-state index contributed by atoms with van der Waals surface area (Å²) in [7, 11) is 0. The molecule has 0 radical (unpaired) electrons. The highest BCUT2D eigenvalue weighted by Crippen LogP contribution is 2.20. The number of rotatable bonds is 4. The van der Waals surface area contributed by atoms with Crippen molar-refractivity contribution in [1.82, 2.24) is 9.38 Å². The minimum absolute atomic E-state index is 0.306. The van der Waals surface area contributed by atoms with E-state index >= 15 is 0 Å². The van der Waals surface area contributed by atoms with E-state index in [1.165, 1.54) is 6.07 Å². The van der Waals surface area contributed by atoms with Gasteiger partial charge >= 0.3 is 0 Å². The first-order valence-electron chi connectivity index (χ1n) is 6.34. The van der Waals surface area contributed by atoms with Gasteiger partial charge < -0.3 is 4.74 Å². The second kappa shape index (κ2) is 5.47. The van der Waals surface area contributed by atoms with E-state index in [0.29, 0.717) is 29.8 Å². The van der Waals surface area contributed by atoms with E-state index in [1.807, 2.05) is 28.7 Å². The minimum atomic E-state index is 0.306. The summed E-state index contributed by atoms with van der Waals surface area (Å²) in [6.45, 7) is 0.306. The molecule has 3 rings (SSSR count). The number of hydrogen-bond acceptors (Lipinski definition) is 4. The van der Waals surface area contributed by atoms with Crippen LogP contribution >= 0.6 is 0 Å². The van der Waals surface area contributed by atoms with Crippen LogP contribution in [-0.4, -0.2) is 15.7 Å². The molecule has 3 aromatic rings. The van der Waals surface area contributed by atoms with Crippen LogP contribution in [0, 0.1) is 11.3 Å². The normalized spacial score (nSPS) is 10.2. The Labute approximate surface area is 121 Å². The van der Waals surface area contributed by atoms with Crippen LogP contribution in [0.1, 0.15) is 21.6 Å². The number of aldehydes is 1. The highest BCUT2D eigenvalue weighted by molar-refractivity contribution is 5.80. The van der Waals surface area contributed by atoms with Gasteiger partial charge in [-0.1, -0.05) is 6.07 Å². The molecule has 102 valence electrons. The van der Waals surface area contributed by atoms with Crippen LogP contribution < -0.4 is 4.74 Å². The fourth-order valence-corrected chi connectivity index (χ4v) is 2.12. The van der Waals surface area contributed by atoms with Crippen molar-refractivity contribution >= 4 is 11.8 Å². The SMILES string of the molecule is N#Cc1ccc(OCc2cccc3cncn23)c(C=O)c1. The van der Waals surface area contributed by atoms with Crippen LogP contribution in [0.25, 0.3) is 5.52 Å². The highest BCUT2D eigenvalue weighted by atomic mass is 16.5. The van der Waals surface area contributed by atoms with Crippen LogP contribution in [0.2, 0.25) is 0 Å². The van der Waals surface area contributed by atoms with Crippen LogP contribution in [0.5, 0.6) is 5.75 Å². The van der Waals surface area contributed by atoms with Gasteiger partial charge in [-0.15, -0.1) is 0 Å². The zero-order valence-corrected chi connectivity index (χ0v) is 11.1. The van der Waals surface area contributed by atoms with Gasteiger partial charge in [0.1, 0.15) is 12.4 Å². The van der Waals surface area contributed by atoms with Crippen molar-refractivity contribution in [2.24, 2.45) is 0 Å². The lowest BCUT2D eigenvalue weighted by molar-refractivity contribution is 0.111. The number of ether oxygens (including phenoxy) is 1. The standard InChI is InChI=1S/C16H11N3O2/c17-7-12-4-5-16(13(6-12)9-20)21-10-15-3-1-2-14-8-18-11-19(14)15/h1-6,8-9,11H,10H2. The molecule has 0 N–H and O–H groups in total. The van der Waals surface area contributed by atoms with Gasteiger partial charge in [0.2, 0.25) is 0 Å². The van der Waals surface area contributed by atoms with Gasteiger partial charge in [0.05, 0.1) is 40.9 Å². The Kier molecular flexibility index (Phi) is 3.36. The molecule has 0 aliphatic heterocycles. The molecule has 2 heterocycles. The molecule has 0 saturated heterocycles. The summed E-state index contributed by atoms with van der Waals surface area (Å²) in [6.07, 6.45) is 4.17. The molecule has 0 amide bonds. The third-order valence-electron chi connectivity index (χ3n) is 3.17. The molecule has 0 saturated carbocycles. The third-order valence-corrected chi connectivity index (χ3v) is 3.17. The van der Waals surface area contributed by atoms with E-state index in [4.69, 9.17) is 10.00 Å². The van der Waals surface area contributed by atoms with Gasteiger partial charge in [-0.25, -0.2) is 4.98 Å². The molecule has 0 atom stereocenters. The number of fused-ring (bicyclic) bond motifs is 1. The van der Waals surface area contributed by atoms with Gasteiger partial charge in [-0.2, -0.15) is 5.26 Å². The average molecular weight is 277 g/mol. The minimum Gasteiger partial charge on any atom is -0.487 e. The number of nitriles is 1. The van der Waals surface area contributed by atoms with E-state index in [-0.39, 0.29) is 0 Å². The Hall–Kier alpha value is -3.13. The summed E-state index contributed by atoms with van der Waals surface area (Å²) in [5, 5.41) is 8.83. The van der Waals surface area contributed by atoms with E-state index in [1.54, 1.807) is 24.7 Å². The molecular weight excluding hydrogens is 266 g/mol. The first-order valence-corrected chi connectivity index (χ1v) is 6.34. The van der Waals surface area contributed by atoms with Crippen LogP contribution in [-0.2, 0) is 6.61 Å². The van der Waals surface area contributed by atoms with Crippen molar-refractivity contribution in [3.63, 3.8) is 0 Å². The fraction of sp³-hybridized carbons (Fsp3) is 0.0625. The maximum absolute atomic E-state index is 11.1. The van der Waals surface area contributed by atoms with Crippen molar-refractivity contribution in [2.75, 3.05) is 0 Å². The first kappa shape index (κ1) is 12.9. The van der Waals surface area contributed by atoms with Crippen LogP contribution in [0.4, 0.5) is 0 Å². The molecule has 5 nitrogen and oxygen atoms in total. The van der Waals surface area contributed by atoms with Gasteiger partial charge in [-0.05, 0) is 30.3 Å². The largest absolute Gasteiger partial charge is 0.487 e. The molecule has 1 aromatic carbocycles. The molecule has 0 fully saturated rings. The topological polar surface area (TPSA) is 67.4 Å². The zero-order chi connectivity index (χ0) is 14.7.